The van der Waals surface area contributed by atoms with E-state index in [-0.39, 0.29) is 0 Å². The quantitative estimate of drug-likeness (QED) is 0.867. The van der Waals surface area contributed by atoms with Crippen LogP contribution < -0.4 is 10.6 Å². The molecule has 0 amide bonds. The molecular weight excluding hydrogens is 272 g/mol. The minimum atomic E-state index is 0.410. The van der Waals surface area contributed by atoms with Crippen LogP contribution in [-0.2, 0) is 0 Å². The minimum Gasteiger partial charge on any atom is -0.389 e. The van der Waals surface area contributed by atoms with Gasteiger partial charge in [-0.3, -0.25) is 0 Å². The third-order valence-corrected chi connectivity index (χ3v) is 3.26. The molecule has 0 radical (unpaired) electrons. The monoisotopic (exact) mass is 286 g/mol. The molecule has 1 aromatic rings. The fourth-order valence-corrected chi connectivity index (χ4v) is 2.24. The Kier molecular flexibility index (Phi) is 4.11. The van der Waals surface area contributed by atoms with Crippen molar-refractivity contribution in [1.29, 1.82) is 0 Å². The van der Waals surface area contributed by atoms with Gasteiger partial charge in [-0.1, -0.05) is 18.3 Å². The maximum Gasteiger partial charge on any atom is 0.107 e. The average Bonchev–Trinajstić information content (AvgIpc) is 2.15. The Labute approximate surface area is 105 Å². The molecule has 4 heteroatoms. The highest BCUT2D eigenvalue weighted by molar-refractivity contribution is 9.10. The summed E-state index contributed by atoms with van der Waals surface area (Å²) in [6, 6.07) is 6.37. The number of nitrogens with zero attached hydrogens (tertiary/aromatic N) is 1. The lowest BCUT2D eigenvalue weighted by atomic mass is 10.1. The van der Waals surface area contributed by atoms with Crippen LogP contribution in [0.3, 0.4) is 0 Å². The van der Waals surface area contributed by atoms with E-state index in [2.05, 4.69) is 34.7 Å². The van der Waals surface area contributed by atoms with Gasteiger partial charge in [-0.15, -0.1) is 0 Å². The molecule has 0 bridgehead atoms. The second-order valence-electron chi connectivity index (χ2n) is 3.70. The highest BCUT2D eigenvalue weighted by Crippen LogP contribution is 2.28. The van der Waals surface area contributed by atoms with Gasteiger partial charge in [0.05, 0.1) is 0 Å². The summed E-state index contributed by atoms with van der Waals surface area (Å²) in [5.74, 6) is 0. The van der Waals surface area contributed by atoms with Crippen LogP contribution in [0.5, 0.6) is 0 Å². The van der Waals surface area contributed by atoms with E-state index in [1.54, 1.807) is 0 Å². The van der Waals surface area contributed by atoms with Gasteiger partial charge in [0.2, 0.25) is 0 Å². The van der Waals surface area contributed by atoms with Crippen molar-refractivity contribution in [1.82, 2.24) is 0 Å². The van der Waals surface area contributed by atoms with Crippen LogP contribution in [0.25, 0.3) is 0 Å². The molecular formula is C11H15BrN2S. The van der Waals surface area contributed by atoms with E-state index >= 15 is 0 Å². The number of halogens is 1. The molecule has 1 rings (SSSR count). The zero-order valence-corrected chi connectivity index (χ0v) is 11.5. The van der Waals surface area contributed by atoms with E-state index in [1.165, 1.54) is 0 Å². The molecule has 0 fully saturated rings. The Morgan fingerprint density at radius 1 is 1.47 bits per heavy atom. The lowest BCUT2D eigenvalue weighted by molar-refractivity contribution is 0.754. The largest absolute Gasteiger partial charge is 0.389 e. The summed E-state index contributed by atoms with van der Waals surface area (Å²) < 4.78 is 0.944. The molecule has 0 spiro atoms. The maximum absolute atomic E-state index is 5.73. The van der Waals surface area contributed by atoms with Gasteiger partial charge in [0.15, 0.2) is 0 Å². The summed E-state index contributed by atoms with van der Waals surface area (Å²) in [7, 11) is 2.04. The van der Waals surface area contributed by atoms with Gasteiger partial charge in [0.1, 0.15) is 4.99 Å². The second kappa shape index (κ2) is 4.94. The van der Waals surface area contributed by atoms with Crippen LogP contribution in [-0.4, -0.2) is 18.1 Å². The fraction of sp³-hybridized carbons (Fsp3) is 0.364. The summed E-state index contributed by atoms with van der Waals surface area (Å²) in [5, 5.41) is 0. The van der Waals surface area contributed by atoms with Crippen molar-refractivity contribution in [3.8, 4) is 0 Å². The SMILES string of the molecule is CC(C)N(C)c1cccc(Br)c1C(N)=S. The molecule has 0 heterocycles. The Hall–Kier alpha value is -0.610. The van der Waals surface area contributed by atoms with Crippen molar-refractivity contribution in [2.45, 2.75) is 19.9 Å². The van der Waals surface area contributed by atoms with E-state index in [0.29, 0.717) is 11.0 Å². The molecule has 2 N–H and O–H groups in total. The van der Waals surface area contributed by atoms with E-state index < -0.39 is 0 Å². The first-order valence-electron chi connectivity index (χ1n) is 4.76. The summed E-state index contributed by atoms with van der Waals surface area (Å²) in [4.78, 5) is 2.57. The van der Waals surface area contributed by atoms with Crippen molar-refractivity contribution in [2.75, 3.05) is 11.9 Å². The Morgan fingerprint density at radius 3 is 2.53 bits per heavy atom. The van der Waals surface area contributed by atoms with E-state index in [1.807, 2.05) is 25.2 Å². The Balaban J connectivity index is 3.29. The van der Waals surface area contributed by atoms with Crippen molar-refractivity contribution in [3.05, 3.63) is 28.2 Å². The van der Waals surface area contributed by atoms with Gasteiger partial charge in [0, 0.05) is 28.8 Å². The fourth-order valence-electron chi connectivity index (χ4n) is 1.33. The first kappa shape index (κ1) is 12.5. The summed E-state index contributed by atoms with van der Waals surface area (Å²) in [5.41, 5.74) is 7.70. The lowest BCUT2D eigenvalue weighted by Gasteiger charge is -2.26. The topological polar surface area (TPSA) is 29.3 Å². The van der Waals surface area contributed by atoms with Gasteiger partial charge in [-0.2, -0.15) is 0 Å². The molecule has 82 valence electrons. The number of hydrogen-bond donors (Lipinski definition) is 1. The lowest BCUT2D eigenvalue weighted by Crippen LogP contribution is -2.28. The number of anilines is 1. The number of rotatable bonds is 3. The summed E-state index contributed by atoms with van der Waals surface area (Å²) in [6.07, 6.45) is 0. The van der Waals surface area contributed by atoms with E-state index in [4.69, 9.17) is 18.0 Å². The van der Waals surface area contributed by atoms with Crippen LogP contribution >= 0.6 is 28.1 Å². The number of nitrogens with two attached hydrogens (primary N) is 1. The highest BCUT2D eigenvalue weighted by Gasteiger charge is 2.14. The number of thiocarbonyl (C=S) groups is 1. The standard InChI is InChI=1S/C11H15BrN2S/c1-7(2)14(3)9-6-4-5-8(12)10(9)11(13)15/h4-7H,1-3H3,(H2,13,15). The van der Waals surface area contributed by atoms with E-state index in [0.717, 1.165) is 15.7 Å². The van der Waals surface area contributed by atoms with Crippen LogP contribution in [0.15, 0.2) is 22.7 Å². The van der Waals surface area contributed by atoms with Gasteiger partial charge in [-0.05, 0) is 41.9 Å². The highest BCUT2D eigenvalue weighted by atomic mass is 79.9. The predicted molar refractivity (Wildman–Crippen MR) is 73.6 cm³/mol. The average molecular weight is 287 g/mol. The van der Waals surface area contributed by atoms with Crippen LogP contribution in [0.2, 0.25) is 0 Å². The van der Waals surface area contributed by atoms with Crippen molar-refractivity contribution < 1.29 is 0 Å². The molecule has 15 heavy (non-hydrogen) atoms. The first-order chi connectivity index (χ1) is 6.95. The van der Waals surface area contributed by atoms with Crippen molar-refractivity contribution in [2.24, 2.45) is 5.73 Å². The minimum absolute atomic E-state index is 0.410. The van der Waals surface area contributed by atoms with Gasteiger partial charge < -0.3 is 10.6 Å². The van der Waals surface area contributed by atoms with Gasteiger partial charge >= 0.3 is 0 Å². The molecule has 0 aliphatic rings. The maximum atomic E-state index is 5.73. The molecule has 0 atom stereocenters. The Bertz CT molecular complexity index is 377. The van der Waals surface area contributed by atoms with Gasteiger partial charge in [0.25, 0.3) is 0 Å². The number of benzene rings is 1. The van der Waals surface area contributed by atoms with E-state index in [9.17, 15) is 0 Å². The Morgan fingerprint density at radius 2 is 2.07 bits per heavy atom. The number of hydrogen-bond acceptors (Lipinski definition) is 2. The molecule has 2 nitrogen and oxygen atoms in total. The van der Waals surface area contributed by atoms with Crippen LogP contribution in [0.1, 0.15) is 19.4 Å². The van der Waals surface area contributed by atoms with Crippen LogP contribution in [0, 0.1) is 0 Å². The van der Waals surface area contributed by atoms with Gasteiger partial charge in [-0.25, -0.2) is 0 Å². The van der Waals surface area contributed by atoms with Crippen molar-refractivity contribution >= 4 is 38.8 Å². The van der Waals surface area contributed by atoms with Crippen molar-refractivity contribution in [3.63, 3.8) is 0 Å². The zero-order valence-electron chi connectivity index (χ0n) is 9.12. The van der Waals surface area contributed by atoms with Crippen LogP contribution in [0.4, 0.5) is 5.69 Å². The molecule has 0 saturated carbocycles. The molecule has 0 saturated heterocycles. The summed E-state index contributed by atoms with van der Waals surface area (Å²) >= 11 is 8.53. The third-order valence-electron chi connectivity index (χ3n) is 2.39. The summed E-state index contributed by atoms with van der Waals surface area (Å²) in [6.45, 7) is 4.26. The normalized spacial score (nSPS) is 10.5. The first-order valence-corrected chi connectivity index (χ1v) is 5.96. The molecule has 0 aliphatic heterocycles. The zero-order chi connectivity index (χ0) is 11.6. The molecule has 0 aliphatic carbocycles. The third kappa shape index (κ3) is 2.69. The molecule has 0 unspecified atom stereocenters. The predicted octanol–water partition coefficient (Wildman–Crippen LogP) is 2.93. The second-order valence-corrected chi connectivity index (χ2v) is 5.00. The molecule has 1 aromatic carbocycles. The molecule has 0 aromatic heterocycles. The smallest absolute Gasteiger partial charge is 0.107 e.